The third kappa shape index (κ3) is 4.15. The molecule has 1 atom stereocenters. The first kappa shape index (κ1) is 19.6. The van der Waals surface area contributed by atoms with E-state index in [-0.39, 0.29) is 24.7 Å². The van der Waals surface area contributed by atoms with Gasteiger partial charge in [0.15, 0.2) is 5.76 Å². The van der Waals surface area contributed by atoms with Crippen LogP contribution >= 0.6 is 0 Å². The minimum absolute atomic E-state index is 0.0513. The molecule has 9 heteroatoms. The summed E-state index contributed by atoms with van der Waals surface area (Å²) in [6, 6.07) is 10.5. The van der Waals surface area contributed by atoms with Crippen molar-refractivity contribution in [2.75, 3.05) is 13.2 Å². The second-order valence-electron chi connectivity index (χ2n) is 6.61. The van der Waals surface area contributed by atoms with Gasteiger partial charge in [-0.25, -0.2) is 9.37 Å². The summed E-state index contributed by atoms with van der Waals surface area (Å²) < 4.78 is 28.9. The van der Waals surface area contributed by atoms with Crippen molar-refractivity contribution in [2.24, 2.45) is 0 Å². The summed E-state index contributed by atoms with van der Waals surface area (Å²) in [7, 11) is 0. The molecule has 154 valence electrons. The molecule has 30 heavy (non-hydrogen) atoms. The molecular weight excluding hydrogens is 393 g/mol. The second kappa shape index (κ2) is 8.34. The topological polar surface area (TPSA) is 111 Å². The van der Waals surface area contributed by atoms with Gasteiger partial charge in [-0.05, 0) is 49.4 Å². The molecule has 4 rings (SSSR count). The quantitative estimate of drug-likeness (QED) is 0.481. The van der Waals surface area contributed by atoms with Gasteiger partial charge < -0.3 is 24.1 Å². The van der Waals surface area contributed by atoms with Gasteiger partial charge in [0.2, 0.25) is 0 Å². The number of carbonyl (C=O) groups excluding carboxylic acids is 1. The highest BCUT2D eigenvalue weighted by molar-refractivity contribution is 6.06. The molecule has 0 aliphatic heterocycles. The Labute approximate surface area is 170 Å². The number of ether oxygens (including phenoxy) is 1. The van der Waals surface area contributed by atoms with Gasteiger partial charge in [-0.15, -0.1) is 0 Å². The number of amides is 1. The fourth-order valence-electron chi connectivity index (χ4n) is 2.91. The van der Waals surface area contributed by atoms with Gasteiger partial charge in [-0.3, -0.25) is 4.79 Å². The van der Waals surface area contributed by atoms with Crippen LogP contribution in [0.1, 0.15) is 16.1 Å². The minimum atomic E-state index is -0.968. The standard InChI is InChI=1S/C21H18FN3O5/c1-12-19-16(9-17(18-3-2-8-28-18)24-21(19)30-25-12)20(27)23-10-14(26)11-29-15-6-4-13(22)5-7-15/h2-9,14,26H,10-11H2,1H3,(H,23,27)/t14-/m1/s1. The number of hydrogen-bond donors (Lipinski definition) is 2. The SMILES string of the molecule is Cc1noc2nc(-c3ccco3)cc(C(=O)NC[C@@H](O)COc3ccc(F)cc3)c12. The van der Waals surface area contributed by atoms with Crippen LogP contribution in [-0.2, 0) is 0 Å². The number of aromatic nitrogens is 2. The van der Waals surface area contributed by atoms with E-state index < -0.39 is 12.0 Å². The van der Waals surface area contributed by atoms with Crippen molar-refractivity contribution in [1.29, 1.82) is 0 Å². The van der Waals surface area contributed by atoms with Crippen LogP contribution in [0, 0.1) is 12.7 Å². The van der Waals surface area contributed by atoms with Gasteiger partial charge in [0.05, 0.1) is 22.9 Å². The van der Waals surface area contributed by atoms with Gasteiger partial charge >= 0.3 is 0 Å². The molecule has 0 spiro atoms. The number of aryl methyl sites for hydroxylation is 1. The first-order valence-electron chi connectivity index (χ1n) is 9.17. The normalized spacial score (nSPS) is 12.1. The van der Waals surface area contributed by atoms with Gasteiger partial charge in [0.1, 0.15) is 30.0 Å². The van der Waals surface area contributed by atoms with Gasteiger partial charge in [0.25, 0.3) is 11.6 Å². The number of pyridine rings is 1. The zero-order chi connectivity index (χ0) is 21.1. The van der Waals surface area contributed by atoms with Crippen molar-refractivity contribution < 1.29 is 28.0 Å². The largest absolute Gasteiger partial charge is 0.491 e. The third-order valence-electron chi connectivity index (χ3n) is 4.39. The number of halogens is 1. The molecule has 0 unspecified atom stereocenters. The number of nitrogens with one attached hydrogen (secondary N) is 1. The highest BCUT2D eigenvalue weighted by Crippen LogP contribution is 2.27. The van der Waals surface area contributed by atoms with Gasteiger partial charge in [0, 0.05) is 6.54 Å². The maximum absolute atomic E-state index is 12.9. The molecule has 0 saturated heterocycles. The second-order valence-corrected chi connectivity index (χ2v) is 6.61. The number of aliphatic hydroxyl groups excluding tert-OH is 1. The van der Waals surface area contributed by atoms with E-state index in [1.54, 1.807) is 25.1 Å². The van der Waals surface area contributed by atoms with Crippen LogP contribution < -0.4 is 10.1 Å². The first-order valence-corrected chi connectivity index (χ1v) is 9.17. The Bertz CT molecular complexity index is 1160. The van der Waals surface area contributed by atoms with Crippen molar-refractivity contribution in [3.63, 3.8) is 0 Å². The zero-order valence-corrected chi connectivity index (χ0v) is 16.0. The lowest BCUT2D eigenvalue weighted by atomic mass is 10.1. The molecule has 0 saturated carbocycles. The maximum atomic E-state index is 12.9. The van der Waals surface area contributed by atoms with Gasteiger partial charge in [-0.1, -0.05) is 5.16 Å². The summed E-state index contributed by atoms with van der Waals surface area (Å²) in [4.78, 5) is 17.2. The van der Waals surface area contributed by atoms with E-state index in [4.69, 9.17) is 13.7 Å². The van der Waals surface area contributed by atoms with E-state index in [2.05, 4.69) is 15.5 Å². The molecule has 0 radical (unpaired) electrons. The molecular formula is C21H18FN3O5. The number of aliphatic hydroxyl groups is 1. The van der Waals surface area contributed by atoms with E-state index in [1.807, 2.05) is 0 Å². The lowest BCUT2D eigenvalue weighted by molar-refractivity contribution is 0.0845. The Morgan fingerprint density at radius 2 is 2.10 bits per heavy atom. The molecule has 8 nitrogen and oxygen atoms in total. The Balaban J connectivity index is 1.46. The Kier molecular flexibility index (Phi) is 5.44. The summed E-state index contributed by atoms with van der Waals surface area (Å²) in [5.74, 6) is 0.0904. The predicted octanol–water partition coefficient (Wildman–Crippen LogP) is 3.10. The van der Waals surface area contributed by atoms with Crippen LogP contribution in [0.5, 0.6) is 5.75 Å². The van der Waals surface area contributed by atoms with E-state index in [1.165, 1.54) is 30.5 Å². The minimum Gasteiger partial charge on any atom is -0.491 e. The Morgan fingerprint density at radius 1 is 1.30 bits per heavy atom. The van der Waals surface area contributed by atoms with E-state index in [0.717, 1.165) is 0 Å². The molecule has 2 N–H and O–H groups in total. The fourth-order valence-corrected chi connectivity index (χ4v) is 2.91. The summed E-state index contributed by atoms with van der Waals surface area (Å²) in [6.07, 6.45) is 0.536. The monoisotopic (exact) mass is 411 g/mol. The van der Waals surface area contributed by atoms with Crippen LogP contribution in [0.3, 0.4) is 0 Å². The Hall–Kier alpha value is -3.72. The molecule has 0 bridgehead atoms. The van der Waals surface area contributed by atoms with Crippen molar-refractivity contribution in [2.45, 2.75) is 13.0 Å². The maximum Gasteiger partial charge on any atom is 0.259 e. The van der Waals surface area contributed by atoms with Crippen LogP contribution in [0.25, 0.3) is 22.6 Å². The summed E-state index contributed by atoms with van der Waals surface area (Å²) in [6.45, 7) is 1.59. The lowest BCUT2D eigenvalue weighted by Crippen LogP contribution is -2.35. The van der Waals surface area contributed by atoms with Crippen molar-refractivity contribution >= 4 is 17.0 Å². The lowest BCUT2D eigenvalue weighted by Gasteiger charge is -2.14. The number of furan rings is 1. The smallest absolute Gasteiger partial charge is 0.259 e. The number of carbonyl (C=O) groups is 1. The van der Waals surface area contributed by atoms with Crippen molar-refractivity contribution in [3.05, 3.63) is 65.8 Å². The molecule has 1 amide bonds. The molecule has 3 heterocycles. The van der Waals surface area contributed by atoms with Gasteiger partial charge in [-0.2, -0.15) is 0 Å². The zero-order valence-electron chi connectivity index (χ0n) is 16.0. The van der Waals surface area contributed by atoms with Crippen molar-refractivity contribution in [1.82, 2.24) is 15.5 Å². The average Bonchev–Trinajstić information content (AvgIpc) is 3.41. The number of fused-ring (bicyclic) bond motifs is 1. The van der Waals surface area contributed by atoms with Crippen LogP contribution in [0.15, 0.2) is 57.7 Å². The summed E-state index contributed by atoms with van der Waals surface area (Å²) >= 11 is 0. The average molecular weight is 411 g/mol. The molecule has 0 aliphatic rings. The van der Waals surface area contributed by atoms with E-state index in [0.29, 0.717) is 33.8 Å². The molecule has 1 aromatic carbocycles. The molecule has 4 aromatic rings. The molecule has 0 aliphatic carbocycles. The third-order valence-corrected chi connectivity index (χ3v) is 4.39. The highest BCUT2D eigenvalue weighted by atomic mass is 19.1. The van der Waals surface area contributed by atoms with Crippen LogP contribution in [0.2, 0.25) is 0 Å². The fraction of sp³-hybridized carbons (Fsp3) is 0.190. The number of nitrogens with zero attached hydrogens (tertiary/aromatic N) is 2. The van der Waals surface area contributed by atoms with Crippen LogP contribution in [-0.4, -0.2) is 40.4 Å². The summed E-state index contributed by atoms with van der Waals surface area (Å²) in [5, 5.41) is 17.2. The molecule has 0 fully saturated rings. The predicted molar refractivity (Wildman–Crippen MR) is 104 cm³/mol. The number of rotatable bonds is 7. The number of hydrogen-bond acceptors (Lipinski definition) is 7. The van der Waals surface area contributed by atoms with E-state index in [9.17, 15) is 14.3 Å². The Morgan fingerprint density at radius 3 is 2.83 bits per heavy atom. The molecule has 3 aromatic heterocycles. The van der Waals surface area contributed by atoms with E-state index >= 15 is 0 Å². The first-order chi connectivity index (χ1) is 14.5. The number of benzene rings is 1. The summed E-state index contributed by atoms with van der Waals surface area (Å²) in [5.41, 5.74) is 1.46. The highest BCUT2D eigenvalue weighted by Gasteiger charge is 2.20. The van der Waals surface area contributed by atoms with Crippen LogP contribution in [0.4, 0.5) is 4.39 Å². The van der Waals surface area contributed by atoms with Crippen molar-refractivity contribution in [3.8, 4) is 17.2 Å².